The fourth-order valence-electron chi connectivity index (χ4n) is 2.57. The Hall–Kier alpha value is -1.11. The van der Waals surface area contributed by atoms with Gasteiger partial charge >= 0.3 is 0 Å². The zero-order valence-corrected chi connectivity index (χ0v) is 14.4. The first kappa shape index (κ1) is 17.2. The molecule has 122 valence electrons. The van der Waals surface area contributed by atoms with Crippen LogP contribution in [0.25, 0.3) is 0 Å². The van der Waals surface area contributed by atoms with Crippen molar-refractivity contribution >= 4 is 27.5 Å². The highest BCUT2D eigenvalue weighted by Crippen LogP contribution is 2.29. The number of carbonyl (C=O) groups excluding carboxylic acids is 1. The lowest BCUT2D eigenvalue weighted by atomic mass is 10.1. The predicted octanol–water partition coefficient (Wildman–Crippen LogP) is 2.33. The molecule has 5 nitrogen and oxygen atoms in total. The molecule has 1 fully saturated rings. The maximum Gasteiger partial charge on any atom is 0.244 e. The summed E-state index contributed by atoms with van der Waals surface area (Å²) in [6.07, 6.45) is 1.91. The maximum atomic E-state index is 12.8. The van der Waals surface area contributed by atoms with Crippen LogP contribution >= 0.6 is 11.6 Å². The van der Waals surface area contributed by atoms with Gasteiger partial charge in [-0.3, -0.25) is 4.79 Å². The van der Waals surface area contributed by atoms with Crippen LogP contribution in [0, 0.1) is 6.92 Å². The molecule has 1 aliphatic heterocycles. The van der Waals surface area contributed by atoms with Crippen LogP contribution in [-0.4, -0.2) is 37.8 Å². The van der Waals surface area contributed by atoms with Crippen LogP contribution < -0.4 is 5.32 Å². The van der Waals surface area contributed by atoms with Crippen molar-refractivity contribution in [2.45, 2.75) is 44.0 Å². The van der Waals surface area contributed by atoms with E-state index in [1.54, 1.807) is 26.0 Å². The van der Waals surface area contributed by atoms with Crippen LogP contribution in [0.1, 0.15) is 31.7 Å². The average molecular weight is 345 g/mol. The second kappa shape index (κ2) is 6.98. The van der Waals surface area contributed by atoms with Crippen LogP contribution in [0.15, 0.2) is 23.1 Å². The minimum atomic E-state index is -3.64. The molecule has 0 bridgehead atoms. The topological polar surface area (TPSA) is 66.5 Å². The summed E-state index contributed by atoms with van der Waals surface area (Å²) in [6, 6.07) is 4.86. The number of nitrogens with one attached hydrogen (secondary N) is 1. The van der Waals surface area contributed by atoms with E-state index in [0.29, 0.717) is 19.5 Å². The van der Waals surface area contributed by atoms with Gasteiger partial charge in [-0.15, -0.1) is 0 Å². The van der Waals surface area contributed by atoms with Crippen molar-refractivity contribution in [1.82, 2.24) is 9.62 Å². The molecular weight excluding hydrogens is 324 g/mol. The fraction of sp³-hybridized carbons (Fsp3) is 0.533. The molecule has 1 atom stereocenters. The Morgan fingerprint density at radius 1 is 1.45 bits per heavy atom. The standard InChI is InChI=1S/C15H21ClN2O3S/c1-3-14(19)17-12-7-5-9-18(10-12)22(20,21)13-8-4-6-11(2)15(13)16/h4,6,8,12H,3,5,7,9-10H2,1-2H3,(H,17,19)/t12-/m0/s1. The Morgan fingerprint density at radius 3 is 2.86 bits per heavy atom. The van der Waals surface area contributed by atoms with Crippen LogP contribution in [0.5, 0.6) is 0 Å². The Balaban J connectivity index is 2.22. The molecule has 1 heterocycles. The van der Waals surface area contributed by atoms with E-state index in [1.807, 2.05) is 0 Å². The quantitative estimate of drug-likeness (QED) is 0.911. The molecule has 1 aromatic rings. The largest absolute Gasteiger partial charge is 0.352 e. The fourth-order valence-corrected chi connectivity index (χ4v) is 4.65. The van der Waals surface area contributed by atoms with E-state index in [1.165, 1.54) is 10.4 Å². The van der Waals surface area contributed by atoms with E-state index < -0.39 is 10.0 Å². The Morgan fingerprint density at radius 2 is 2.18 bits per heavy atom. The lowest BCUT2D eigenvalue weighted by molar-refractivity contribution is -0.121. The van der Waals surface area contributed by atoms with E-state index >= 15 is 0 Å². The molecule has 22 heavy (non-hydrogen) atoms. The van der Waals surface area contributed by atoms with Gasteiger partial charge in [-0.05, 0) is 31.4 Å². The molecule has 0 saturated carbocycles. The number of hydrogen-bond acceptors (Lipinski definition) is 3. The summed E-state index contributed by atoms with van der Waals surface area (Å²) in [4.78, 5) is 11.6. The minimum Gasteiger partial charge on any atom is -0.352 e. The molecule has 0 aromatic heterocycles. The summed E-state index contributed by atoms with van der Waals surface area (Å²) in [5.74, 6) is -0.0576. The first-order valence-corrected chi connectivity index (χ1v) is 9.22. The van der Waals surface area contributed by atoms with Crippen molar-refractivity contribution in [3.05, 3.63) is 28.8 Å². The lowest BCUT2D eigenvalue weighted by Gasteiger charge is -2.32. The SMILES string of the molecule is CCC(=O)N[C@H]1CCCN(S(=O)(=O)c2cccc(C)c2Cl)C1. The van der Waals surface area contributed by atoms with Crippen molar-refractivity contribution in [1.29, 1.82) is 0 Å². The molecular formula is C15H21ClN2O3S. The summed E-state index contributed by atoms with van der Waals surface area (Å²) in [5, 5.41) is 3.14. The van der Waals surface area contributed by atoms with Gasteiger partial charge in [-0.1, -0.05) is 30.7 Å². The zero-order chi connectivity index (χ0) is 16.3. The number of nitrogens with zero attached hydrogens (tertiary/aromatic N) is 1. The second-order valence-electron chi connectivity index (χ2n) is 5.51. The summed E-state index contributed by atoms with van der Waals surface area (Å²) in [7, 11) is -3.64. The molecule has 1 aliphatic rings. The Bertz CT molecular complexity index is 661. The van der Waals surface area contributed by atoms with Gasteiger partial charge in [0.1, 0.15) is 4.90 Å². The maximum absolute atomic E-state index is 12.8. The highest BCUT2D eigenvalue weighted by Gasteiger charge is 2.32. The van der Waals surface area contributed by atoms with Gasteiger partial charge in [-0.2, -0.15) is 4.31 Å². The number of amides is 1. The van der Waals surface area contributed by atoms with Crippen LogP contribution in [0.3, 0.4) is 0 Å². The normalized spacial score (nSPS) is 19.9. The second-order valence-corrected chi connectivity index (χ2v) is 7.79. The first-order valence-electron chi connectivity index (χ1n) is 7.41. The minimum absolute atomic E-state index is 0.0576. The van der Waals surface area contributed by atoms with E-state index in [2.05, 4.69) is 5.32 Å². The molecule has 1 aromatic carbocycles. The lowest BCUT2D eigenvalue weighted by Crippen LogP contribution is -2.49. The van der Waals surface area contributed by atoms with Crippen molar-refractivity contribution in [3.63, 3.8) is 0 Å². The number of piperidine rings is 1. The van der Waals surface area contributed by atoms with Crippen molar-refractivity contribution < 1.29 is 13.2 Å². The van der Waals surface area contributed by atoms with Crippen molar-refractivity contribution in [2.24, 2.45) is 0 Å². The van der Waals surface area contributed by atoms with Gasteiger partial charge in [-0.25, -0.2) is 8.42 Å². The highest BCUT2D eigenvalue weighted by molar-refractivity contribution is 7.89. The first-order chi connectivity index (χ1) is 10.4. The van der Waals surface area contributed by atoms with Crippen molar-refractivity contribution in [3.8, 4) is 0 Å². The van der Waals surface area contributed by atoms with Gasteiger partial charge < -0.3 is 5.32 Å². The molecule has 7 heteroatoms. The van der Waals surface area contributed by atoms with Gasteiger partial charge in [0.25, 0.3) is 0 Å². The van der Waals surface area contributed by atoms with E-state index in [0.717, 1.165) is 18.4 Å². The number of halogens is 1. The number of sulfonamides is 1. The number of hydrogen-bond donors (Lipinski definition) is 1. The summed E-state index contributed by atoms with van der Waals surface area (Å²) in [6.45, 7) is 4.30. The number of rotatable bonds is 4. The Labute approximate surface area is 136 Å². The van der Waals surface area contributed by atoms with Gasteiger partial charge in [0.2, 0.25) is 15.9 Å². The zero-order valence-electron chi connectivity index (χ0n) is 12.8. The molecule has 1 N–H and O–H groups in total. The van der Waals surface area contributed by atoms with E-state index in [4.69, 9.17) is 11.6 Å². The van der Waals surface area contributed by atoms with Gasteiger partial charge in [0.05, 0.1) is 5.02 Å². The highest BCUT2D eigenvalue weighted by atomic mass is 35.5. The van der Waals surface area contributed by atoms with E-state index in [-0.39, 0.29) is 21.9 Å². The number of aryl methyl sites for hydroxylation is 1. The molecule has 0 aliphatic carbocycles. The number of benzene rings is 1. The van der Waals surface area contributed by atoms with Crippen LogP contribution in [0.4, 0.5) is 0 Å². The third kappa shape index (κ3) is 3.62. The third-order valence-corrected chi connectivity index (χ3v) is 6.37. The summed E-state index contributed by atoms with van der Waals surface area (Å²) < 4.78 is 27.0. The summed E-state index contributed by atoms with van der Waals surface area (Å²) >= 11 is 6.16. The van der Waals surface area contributed by atoms with Crippen LogP contribution in [0.2, 0.25) is 5.02 Å². The molecule has 0 radical (unpaired) electrons. The monoisotopic (exact) mass is 344 g/mol. The van der Waals surface area contributed by atoms with E-state index in [9.17, 15) is 13.2 Å². The third-order valence-electron chi connectivity index (χ3n) is 3.84. The van der Waals surface area contributed by atoms with Crippen LogP contribution in [-0.2, 0) is 14.8 Å². The number of carbonyl (C=O) groups is 1. The molecule has 1 amide bonds. The average Bonchev–Trinajstić information content (AvgIpc) is 2.50. The molecule has 2 rings (SSSR count). The summed E-state index contributed by atoms with van der Waals surface area (Å²) in [5.41, 5.74) is 0.732. The smallest absolute Gasteiger partial charge is 0.244 e. The predicted molar refractivity (Wildman–Crippen MR) is 86.4 cm³/mol. The Kier molecular flexibility index (Phi) is 5.47. The van der Waals surface area contributed by atoms with Gasteiger partial charge in [0.15, 0.2) is 0 Å². The molecule has 0 unspecified atom stereocenters. The van der Waals surface area contributed by atoms with Gasteiger partial charge in [0, 0.05) is 25.6 Å². The molecule has 1 saturated heterocycles. The van der Waals surface area contributed by atoms with Crippen molar-refractivity contribution in [2.75, 3.05) is 13.1 Å². The molecule has 0 spiro atoms.